The molecule has 0 saturated heterocycles. The van der Waals surface area contributed by atoms with Gasteiger partial charge in [0.05, 0.1) is 26.0 Å². The van der Waals surface area contributed by atoms with Crippen LogP contribution in [-0.2, 0) is 0 Å². The van der Waals surface area contributed by atoms with Crippen LogP contribution in [0.1, 0.15) is 60.8 Å². The number of rotatable bonds is 4. The molecule has 0 amide bonds. The summed E-state index contributed by atoms with van der Waals surface area (Å²) in [5, 5.41) is 7.49. The molecule has 1 unspecified atom stereocenters. The molecule has 0 bridgehead atoms. The molecule has 0 aromatic heterocycles. The van der Waals surface area contributed by atoms with Crippen molar-refractivity contribution in [3.05, 3.63) is 89.5 Å². The molecule has 2 aliphatic heterocycles. The standard InChI is InChI=1S/C29H30N2O3/c1-32-27-13-12-22(18-28(27)33-2)24-19-25-23-10-6-7-11-26(23)34-29(31(25)30-24)16-14-21(15-17-29)20-8-4-3-5-9-20/h3-13,18,21,25H,14-17,19H2,1-2H3. The zero-order chi connectivity index (χ0) is 23.1. The van der Waals surface area contributed by atoms with Crippen LogP contribution in [-0.4, -0.2) is 30.7 Å². The maximum Gasteiger partial charge on any atom is 0.198 e. The number of fused-ring (bicyclic) bond motifs is 4. The number of hydrogen-bond acceptors (Lipinski definition) is 5. The van der Waals surface area contributed by atoms with E-state index in [0.717, 1.165) is 60.6 Å². The van der Waals surface area contributed by atoms with Crippen LogP contribution in [0.5, 0.6) is 17.2 Å². The summed E-state index contributed by atoms with van der Waals surface area (Å²) in [6.45, 7) is 0. The summed E-state index contributed by atoms with van der Waals surface area (Å²) < 4.78 is 17.8. The molecule has 1 aliphatic carbocycles. The van der Waals surface area contributed by atoms with Crippen molar-refractivity contribution in [3.63, 3.8) is 0 Å². The van der Waals surface area contributed by atoms with Crippen molar-refractivity contribution in [1.29, 1.82) is 0 Å². The Balaban J connectivity index is 1.35. The van der Waals surface area contributed by atoms with E-state index >= 15 is 0 Å². The fourth-order valence-electron chi connectivity index (χ4n) is 5.88. The highest BCUT2D eigenvalue weighted by atomic mass is 16.5. The highest BCUT2D eigenvalue weighted by Crippen LogP contribution is 2.53. The van der Waals surface area contributed by atoms with Crippen LogP contribution in [0, 0.1) is 0 Å². The van der Waals surface area contributed by atoms with E-state index < -0.39 is 5.72 Å². The molecule has 0 N–H and O–H groups in total. The van der Waals surface area contributed by atoms with Gasteiger partial charge in [-0.15, -0.1) is 0 Å². The number of hydrogen-bond donors (Lipinski definition) is 0. The van der Waals surface area contributed by atoms with E-state index in [1.165, 1.54) is 11.1 Å². The van der Waals surface area contributed by atoms with Crippen molar-refractivity contribution in [2.75, 3.05) is 14.2 Å². The van der Waals surface area contributed by atoms with Gasteiger partial charge in [0, 0.05) is 30.4 Å². The lowest BCUT2D eigenvalue weighted by atomic mass is 9.78. The lowest BCUT2D eigenvalue weighted by molar-refractivity contribution is -0.142. The Bertz CT molecular complexity index is 1220. The summed E-state index contributed by atoms with van der Waals surface area (Å²) >= 11 is 0. The predicted octanol–water partition coefficient (Wildman–Crippen LogP) is 6.30. The van der Waals surface area contributed by atoms with Crippen molar-refractivity contribution in [1.82, 2.24) is 5.01 Å². The first kappa shape index (κ1) is 21.1. The van der Waals surface area contributed by atoms with Crippen molar-refractivity contribution in [2.24, 2.45) is 5.10 Å². The summed E-state index contributed by atoms with van der Waals surface area (Å²) in [5.41, 5.74) is 4.38. The number of ether oxygens (including phenoxy) is 3. The first-order valence-electron chi connectivity index (χ1n) is 12.1. The number of nitrogens with zero attached hydrogens (tertiary/aromatic N) is 2. The van der Waals surface area contributed by atoms with Gasteiger partial charge >= 0.3 is 0 Å². The van der Waals surface area contributed by atoms with Crippen molar-refractivity contribution < 1.29 is 14.2 Å². The van der Waals surface area contributed by atoms with Gasteiger partial charge in [0.15, 0.2) is 17.2 Å². The molecule has 0 radical (unpaired) electrons. The molecule has 1 fully saturated rings. The molecule has 1 saturated carbocycles. The zero-order valence-electron chi connectivity index (χ0n) is 19.7. The largest absolute Gasteiger partial charge is 0.493 e. The summed E-state index contributed by atoms with van der Waals surface area (Å²) in [7, 11) is 3.33. The second kappa shape index (κ2) is 8.39. The molecule has 3 aromatic rings. The first-order valence-corrected chi connectivity index (χ1v) is 12.1. The van der Waals surface area contributed by atoms with Crippen LogP contribution in [0.2, 0.25) is 0 Å². The number of hydrazone groups is 1. The van der Waals surface area contributed by atoms with E-state index in [9.17, 15) is 0 Å². The minimum atomic E-state index is -0.400. The van der Waals surface area contributed by atoms with Gasteiger partial charge in [-0.05, 0) is 48.6 Å². The van der Waals surface area contributed by atoms with Crippen LogP contribution in [0.4, 0.5) is 0 Å². The van der Waals surface area contributed by atoms with Gasteiger partial charge in [0.1, 0.15) is 5.75 Å². The first-order chi connectivity index (χ1) is 16.7. The van der Waals surface area contributed by atoms with E-state index in [2.05, 4.69) is 65.7 Å². The maximum absolute atomic E-state index is 6.80. The van der Waals surface area contributed by atoms with Crippen molar-refractivity contribution in [3.8, 4) is 17.2 Å². The minimum absolute atomic E-state index is 0.182. The van der Waals surface area contributed by atoms with Crippen molar-refractivity contribution >= 4 is 5.71 Å². The van der Waals surface area contributed by atoms with Gasteiger partial charge in [-0.2, -0.15) is 5.10 Å². The van der Waals surface area contributed by atoms with E-state index in [4.69, 9.17) is 19.3 Å². The fourth-order valence-corrected chi connectivity index (χ4v) is 5.88. The molecular weight excluding hydrogens is 424 g/mol. The smallest absolute Gasteiger partial charge is 0.198 e. The SMILES string of the molecule is COc1ccc(C2=NN3C(C2)c2ccccc2OC32CCC(c3ccccc3)CC2)cc1OC. The molecule has 5 heteroatoms. The second-order valence-electron chi connectivity index (χ2n) is 9.45. The van der Waals surface area contributed by atoms with E-state index in [-0.39, 0.29) is 6.04 Å². The number of methoxy groups -OCH3 is 2. The quantitative estimate of drug-likeness (QED) is 0.464. The average molecular weight is 455 g/mol. The normalized spacial score (nSPS) is 25.2. The molecule has 2 heterocycles. The minimum Gasteiger partial charge on any atom is -0.493 e. The highest BCUT2D eigenvalue weighted by Gasteiger charge is 2.52. The van der Waals surface area contributed by atoms with E-state index in [1.807, 2.05) is 12.1 Å². The van der Waals surface area contributed by atoms with E-state index in [0.29, 0.717) is 5.92 Å². The Labute approximate surface area is 201 Å². The molecule has 174 valence electrons. The summed E-state index contributed by atoms with van der Waals surface area (Å²) in [4.78, 5) is 0. The molecule has 34 heavy (non-hydrogen) atoms. The molecular formula is C29H30N2O3. The predicted molar refractivity (Wildman–Crippen MR) is 133 cm³/mol. The van der Waals surface area contributed by atoms with Crippen LogP contribution in [0.15, 0.2) is 77.9 Å². The van der Waals surface area contributed by atoms with Crippen LogP contribution < -0.4 is 14.2 Å². The molecule has 6 rings (SSSR count). The lowest BCUT2D eigenvalue weighted by Crippen LogP contribution is -2.55. The third-order valence-corrected chi connectivity index (χ3v) is 7.66. The fraction of sp³-hybridized carbons (Fsp3) is 0.345. The van der Waals surface area contributed by atoms with Gasteiger partial charge in [-0.1, -0.05) is 48.5 Å². The van der Waals surface area contributed by atoms with Gasteiger partial charge in [-0.25, -0.2) is 5.01 Å². The Morgan fingerprint density at radius 3 is 2.38 bits per heavy atom. The van der Waals surface area contributed by atoms with Gasteiger partial charge in [-0.3, -0.25) is 0 Å². The molecule has 3 aromatic carbocycles. The van der Waals surface area contributed by atoms with E-state index in [1.54, 1.807) is 14.2 Å². The third-order valence-electron chi connectivity index (χ3n) is 7.66. The summed E-state index contributed by atoms with van der Waals surface area (Å²) in [6.07, 6.45) is 4.95. The van der Waals surface area contributed by atoms with Crippen molar-refractivity contribution in [2.45, 2.75) is 49.8 Å². The Morgan fingerprint density at radius 1 is 0.882 bits per heavy atom. The number of para-hydroxylation sites is 1. The Kier molecular flexibility index (Phi) is 5.20. The zero-order valence-corrected chi connectivity index (χ0v) is 19.7. The molecule has 3 aliphatic rings. The van der Waals surface area contributed by atoms with Gasteiger partial charge in [0.25, 0.3) is 0 Å². The molecule has 1 atom stereocenters. The summed E-state index contributed by atoms with van der Waals surface area (Å²) in [5.74, 6) is 3.03. The Hall–Kier alpha value is -3.47. The van der Waals surface area contributed by atoms with Gasteiger partial charge < -0.3 is 14.2 Å². The maximum atomic E-state index is 6.80. The lowest BCUT2D eigenvalue weighted by Gasteiger charge is -2.50. The van der Waals surface area contributed by atoms with Crippen LogP contribution in [0.3, 0.4) is 0 Å². The third kappa shape index (κ3) is 3.42. The molecule has 5 nitrogen and oxygen atoms in total. The average Bonchev–Trinajstić information content (AvgIpc) is 3.36. The highest BCUT2D eigenvalue weighted by molar-refractivity contribution is 6.02. The topological polar surface area (TPSA) is 43.3 Å². The Morgan fingerprint density at radius 2 is 1.62 bits per heavy atom. The number of benzene rings is 3. The summed E-state index contributed by atoms with van der Waals surface area (Å²) in [6, 6.07) is 25.6. The second-order valence-corrected chi connectivity index (χ2v) is 9.45. The molecule has 1 spiro atoms. The monoisotopic (exact) mass is 454 g/mol. The van der Waals surface area contributed by atoms with Crippen LogP contribution >= 0.6 is 0 Å². The van der Waals surface area contributed by atoms with Crippen LogP contribution in [0.25, 0.3) is 0 Å². The van der Waals surface area contributed by atoms with Gasteiger partial charge in [0.2, 0.25) is 0 Å².